The highest BCUT2D eigenvalue weighted by Crippen LogP contribution is 2.38. The Hall–Kier alpha value is -1.19. The second kappa shape index (κ2) is 4.48. The Kier molecular flexibility index (Phi) is 3.30. The summed E-state index contributed by atoms with van der Waals surface area (Å²) in [5.41, 5.74) is 8.13. The van der Waals surface area contributed by atoms with Crippen LogP contribution >= 0.6 is 23.2 Å². The third kappa shape index (κ3) is 2.33. The van der Waals surface area contributed by atoms with Crippen molar-refractivity contribution in [2.45, 2.75) is 26.2 Å². The van der Waals surface area contributed by atoms with Crippen molar-refractivity contribution in [1.29, 1.82) is 0 Å². The number of hydrogen-bond donors (Lipinski definition) is 1. The SMILES string of the molecule is CC(C)(C)c1noc(N)c1-c1ccc(Cl)c(Cl)c1. The van der Waals surface area contributed by atoms with E-state index in [4.69, 9.17) is 33.5 Å². The first-order valence-corrected chi connectivity index (χ1v) is 6.27. The highest BCUT2D eigenvalue weighted by Gasteiger charge is 2.26. The molecule has 1 aromatic carbocycles. The van der Waals surface area contributed by atoms with Crippen LogP contribution in [0, 0.1) is 0 Å². The van der Waals surface area contributed by atoms with Crippen molar-refractivity contribution in [1.82, 2.24) is 5.16 Å². The van der Waals surface area contributed by atoms with Gasteiger partial charge in [0.25, 0.3) is 0 Å². The van der Waals surface area contributed by atoms with Crippen molar-refractivity contribution < 1.29 is 4.52 Å². The molecule has 0 radical (unpaired) electrons. The van der Waals surface area contributed by atoms with Crippen molar-refractivity contribution >= 4 is 29.1 Å². The first-order valence-electron chi connectivity index (χ1n) is 5.51. The Bertz CT molecular complexity index is 585. The molecule has 18 heavy (non-hydrogen) atoms. The van der Waals surface area contributed by atoms with Gasteiger partial charge in [0.2, 0.25) is 5.88 Å². The number of aromatic nitrogens is 1. The van der Waals surface area contributed by atoms with Gasteiger partial charge < -0.3 is 10.3 Å². The van der Waals surface area contributed by atoms with Crippen molar-refractivity contribution in [3.8, 4) is 11.1 Å². The number of benzene rings is 1. The van der Waals surface area contributed by atoms with E-state index in [9.17, 15) is 0 Å². The third-order valence-corrected chi connectivity index (χ3v) is 3.38. The van der Waals surface area contributed by atoms with Gasteiger partial charge in [-0.05, 0) is 17.7 Å². The smallest absolute Gasteiger partial charge is 0.230 e. The molecule has 0 spiro atoms. The average Bonchev–Trinajstić information content (AvgIpc) is 2.64. The van der Waals surface area contributed by atoms with Crippen LogP contribution in [0.1, 0.15) is 26.5 Å². The van der Waals surface area contributed by atoms with Crippen molar-refractivity contribution in [2.75, 3.05) is 5.73 Å². The fourth-order valence-electron chi connectivity index (χ4n) is 1.75. The Morgan fingerprint density at radius 1 is 1.17 bits per heavy atom. The minimum absolute atomic E-state index is 0.164. The maximum Gasteiger partial charge on any atom is 0.230 e. The number of halogens is 2. The van der Waals surface area contributed by atoms with Crippen LogP contribution in [0.15, 0.2) is 22.7 Å². The predicted molar refractivity (Wildman–Crippen MR) is 75.1 cm³/mol. The number of anilines is 1. The van der Waals surface area contributed by atoms with Gasteiger partial charge in [0, 0.05) is 5.41 Å². The lowest BCUT2D eigenvalue weighted by Gasteiger charge is -2.16. The van der Waals surface area contributed by atoms with Gasteiger partial charge >= 0.3 is 0 Å². The molecule has 5 heteroatoms. The van der Waals surface area contributed by atoms with Gasteiger partial charge in [0.15, 0.2) is 0 Å². The zero-order valence-electron chi connectivity index (χ0n) is 10.4. The summed E-state index contributed by atoms with van der Waals surface area (Å²) < 4.78 is 5.10. The van der Waals surface area contributed by atoms with Gasteiger partial charge in [-0.2, -0.15) is 0 Å². The van der Waals surface area contributed by atoms with Crippen molar-refractivity contribution in [3.63, 3.8) is 0 Å². The molecule has 2 rings (SSSR count). The number of nitrogen functional groups attached to an aromatic ring is 1. The van der Waals surface area contributed by atoms with Crippen LogP contribution in [0.2, 0.25) is 10.0 Å². The number of rotatable bonds is 1. The van der Waals surface area contributed by atoms with E-state index in [1.807, 2.05) is 26.8 Å². The van der Waals surface area contributed by atoms with E-state index < -0.39 is 0 Å². The summed E-state index contributed by atoms with van der Waals surface area (Å²) >= 11 is 11.9. The van der Waals surface area contributed by atoms with E-state index in [0.29, 0.717) is 15.9 Å². The molecule has 1 aromatic heterocycles. The number of hydrogen-bond acceptors (Lipinski definition) is 3. The molecule has 1 heterocycles. The van der Waals surface area contributed by atoms with E-state index in [2.05, 4.69) is 5.16 Å². The third-order valence-electron chi connectivity index (χ3n) is 2.64. The summed E-state index contributed by atoms with van der Waals surface area (Å²) in [4.78, 5) is 0. The number of nitrogens with two attached hydrogens (primary N) is 1. The summed E-state index contributed by atoms with van der Waals surface area (Å²) in [6.07, 6.45) is 0. The maximum atomic E-state index is 6.03. The Morgan fingerprint density at radius 3 is 2.39 bits per heavy atom. The molecule has 2 aromatic rings. The summed E-state index contributed by atoms with van der Waals surface area (Å²) in [6.45, 7) is 6.14. The monoisotopic (exact) mass is 284 g/mol. The van der Waals surface area contributed by atoms with Gasteiger partial charge in [-0.1, -0.05) is 55.2 Å². The summed E-state index contributed by atoms with van der Waals surface area (Å²) in [5.74, 6) is 0.290. The van der Waals surface area contributed by atoms with Crippen molar-refractivity contribution in [2.24, 2.45) is 0 Å². The minimum atomic E-state index is -0.164. The van der Waals surface area contributed by atoms with Crippen LogP contribution in [0.5, 0.6) is 0 Å². The first-order chi connectivity index (χ1) is 8.30. The van der Waals surface area contributed by atoms with Crippen molar-refractivity contribution in [3.05, 3.63) is 33.9 Å². The standard InChI is InChI=1S/C13H14Cl2N2O/c1-13(2,3)11-10(12(16)18-17-11)7-4-5-8(14)9(15)6-7/h4-6H,16H2,1-3H3. The predicted octanol–water partition coefficient (Wildman–Crippen LogP) is 4.53. The molecule has 0 aliphatic carbocycles. The van der Waals surface area contributed by atoms with E-state index in [1.165, 1.54) is 0 Å². The highest BCUT2D eigenvalue weighted by atomic mass is 35.5. The van der Waals surface area contributed by atoms with Crippen LogP contribution in [-0.4, -0.2) is 5.16 Å². The molecule has 0 aliphatic heterocycles. The van der Waals surface area contributed by atoms with Gasteiger partial charge in [-0.15, -0.1) is 0 Å². The molecule has 0 unspecified atom stereocenters. The lowest BCUT2D eigenvalue weighted by molar-refractivity contribution is 0.405. The molecule has 0 fully saturated rings. The van der Waals surface area contributed by atoms with Gasteiger partial charge in [0.1, 0.15) is 0 Å². The summed E-state index contributed by atoms with van der Waals surface area (Å²) in [5, 5.41) is 5.03. The Labute approximate surface area is 116 Å². The maximum absolute atomic E-state index is 6.03. The van der Waals surface area contributed by atoms with E-state index in [1.54, 1.807) is 12.1 Å². The molecule has 0 amide bonds. The van der Waals surface area contributed by atoms with Crippen LogP contribution < -0.4 is 5.73 Å². The second-order valence-electron chi connectivity index (χ2n) is 5.15. The Morgan fingerprint density at radius 2 is 1.83 bits per heavy atom. The Balaban J connectivity index is 2.63. The second-order valence-corrected chi connectivity index (χ2v) is 5.96. The lowest BCUT2D eigenvalue weighted by atomic mass is 9.87. The van der Waals surface area contributed by atoms with E-state index in [0.717, 1.165) is 16.8 Å². The van der Waals surface area contributed by atoms with Crippen LogP contribution in [0.3, 0.4) is 0 Å². The summed E-state index contributed by atoms with van der Waals surface area (Å²) in [6, 6.07) is 5.35. The molecular formula is C13H14Cl2N2O. The molecule has 0 atom stereocenters. The topological polar surface area (TPSA) is 52.0 Å². The molecule has 2 N–H and O–H groups in total. The highest BCUT2D eigenvalue weighted by molar-refractivity contribution is 6.42. The van der Waals surface area contributed by atoms with Crippen LogP contribution in [0.4, 0.5) is 5.88 Å². The van der Waals surface area contributed by atoms with E-state index in [-0.39, 0.29) is 5.41 Å². The zero-order valence-corrected chi connectivity index (χ0v) is 11.9. The van der Waals surface area contributed by atoms with Crippen LogP contribution in [-0.2, 0) is 5.41 Å². The molecule has 0 saturated heterocycles. The molecule has 3 nitrogen and oxygen atoms in total. The fraction of sp³-hybridized carbons (Fsp3) is 0.308. The number of nitrogens with zero attached hydrogens (tertiary/aromatic N) is 1. The van der Waals surface area contributed by atoms with E-state index >= 15 is 0 Å². The molecular weight excluding hydrogens is 271 g/mol. The lowest BCUT2D eigenvalue weighted by Crippen LogP contribution is -2.13. The molecule has 96 valence electrons. The first kappa shape index (κ1) is 13.2. The minimum Gasteiger partial charge on any atom is -0.367 e. The van der Waals surface area contributed by atoms with Gasteiger partial charge in [0.05, 0.1) is 21.3 Å². The zero-order chi connectivity index (χ0) is 13.5. The largest absolute Gasteiger partial charge is 0.367 e. The average molecular weight is 285 g/mol. The van der Waals surface area contributed by atoms with Crippen LogP contribution in [0.25, 0.3) is 11.1 Å². The summed E-state index contributed by atoms with van der Waals surface area (Å²) in [7, 11) is 0. The molecule has 0 aliphatic rings. The molecule has 0 saturated carbocycles. The fourth-order valence-corrected chi connectivity index (χ4v) is 2.04. The van der Waals surface area contributed by atoms with Gasteiger partial charge in [-0.25, -0.2) is 0 Å². The normalized spacial score (nSPS) is 11.8. The van der Waals surface area contributed by atoms with Gasteiger partial charge in [-0.3, -0.25) is 0 Å². The quantitative estimate of drug-likeness (QED) is 0.837. The molecule has 0 bridgehead atoms.